The van der Waals surface area contributed by atoms with Crippen LogP contribution in [0.3, 0.4) is 0 Å². The van der Waals surface area contributed by atoms with Crippen LogP contribution in [-0.2, 0) is 7.05 Å². The Kier molecular flexibility index (Phi) is 4.90. The fourth-order valence-corrected chi connectivity index (χ4v) is 3.97. The zero-order valence-corrected chi connectivity index (χ0v) is 15.7. The van der Waals surface area contributed by atoms with Crippen molar-refractivity contribution in [3.05, 3.63) is 96.7 Å². The lowest BCUT2D eigenvalue weighted by atomic mass is 10.1. The Hall–Kier alpha value is -3.11. The molecule has 0 radical (unpaired) electrons. The summed E-state index contributed by atoms with van der Waals surface area (Å²) in [5.74, 6) is 0. The largest absolute Gasteiger partial charge is 0.354 e. The molecule has 4 heteroatoms. The molecule has 4 rings (SSSR count). The van der Waals surface area contributed by atoms with Crippen molar-refractivity contribution in [2.75, 3.05) is 5.32 Å². The Morgan fingerprint density at radius 3 is 2.22 bits per heavy atom. The molecule has 0 bridgehead atoms. The number of carbonyl (C=O) groups excluding carboxylic acids is 1. The molecule has 0 fully saturated rings. The van der Waals surface area contributed by atoms with Gasteiger partial charge in [0.2, 0.25) is 10.6 Å². The molecule has 0 amide bonds. The molecule has 0 saturated carbocycles. The van der Waals surface area contributed by atoms with Crippen molar-refractivity contribution in [1.29, 1.82) is 0 Å². The molecule has 0 saturated heterocycles. The third kappa shape index (κ3) is 3.71. The number of pyridine rings is 1. The molecule has 3 aromatic carbocycles. The summed E-state index contributed by atoms with van der Waals surface area (Å²) in [5.41, 5.74) is 3.74. The van der Waals surface area contributed by atoms with Crippen LogP contribution in [-0.4, -0.2) is 5.12 Å². The number of rotatable bonds is 4. The van der Waals surface area contributed by atoms with Gasteiger partial charge in [0.25, 0.3) is 0 Å². The number of anilines is 2. The highest BCUT2D eigenvalue weighted by Gasteiger charge is 2.19. The van der Waals surface area contributed by atoms with Gasteiger partial charge in [0.05, 0.1) is 11.1 Å². The molecule has 1 N–H and O–H groups in total. The van der Waals surface area contributed by atoms with Gasteiger partial charge in [-0.3, -0.25) is 4.79 Å². The maximum Gasteiger partial charge on any atom is 0.224 e. The highest BCUT2D eigenvalue weighted by Crippen LogP contribution is 2.35. The van der Waals surface area contributed by atoms with E-state index in [2.05, 4.69) is 22.0 Å². The number of nitrogens with zero attached hydrogens (tertiary/aromatic N) is 1. The minimum absolute atomic E-state index is 0.0296. The number of fused-ring (bicyclic) bond motifs is 1. The predicted octanol–water partition coefficient (Wildman–Crippen LogP) is 5.34. The van der Waals surface area contributed by atoms with Gasteiger partial charge in [0, 0.05) is 17.3 Å². The first-order valence-corrected chi connectivity index (χ1v) is 9.55. The van der Waals surface area contributed by atoms with Gasteiger partial charge in [0.1, 0.15) is 11.9 Å². The predicted molar refractivity (Wildman–Crippen MR) is 111 cm³/mol. The number of nitrogens with one attached hydrogen (secondary N) is 1. The summed E-state index contributed by atoms with van der Waals surface area (Å²) < 4.78 is 2.06. The Labute approximate surface area is 162 Å². The number of thioether (sulfide) groups is 1. The Morgan fingerprint density at radius 2 is 1.48 bits per heavy atom. The number of para-hydroxylation sites is 2. The minimum atomic E-state index is 0.0296. The standard InChI is InChI=1S/C23H18N2OS/c1-25-16-21(27-23(26)17-10-4-2-5-11-17)22(19-14-8-9-15-20(19)25)24-18-12-6-3-7-13-18/h2-16H,1H3/p+1. The van der Waals surface area contributed by atoms with Crippen molar-refractivity contribution < 1.29 is 9.36 Å². The lowest BCUT2D eigenvalue weighted by Crippen LogP contribution is -2.29. The molecule has 0 aliphatic heterocycles. The summed E-state index contributed by atoms with van der Waals surface area (Å²) in [4.78, 5) is 13.7. The van der Waals surface area contributed by atoms with Crippen molar-refractivity contribution >= 4 is 39.2 Å². The van der Waals surface area contributed by atoms with Crippen LogP contribution < -0.4 is 9.88 Å². The molecule has 0 spiro atoms. The second-order valence-electron chi connectivity index (χ2n) is 6.24. The zero-order valence-electron chi connectivity index (χ0n) is 14.9. The van der Waals surface area contributed by atoms with E-state index in [0.717, 1.165) is 27.2 Å². The molecule has 27 heavy (non-hydrogen) atoms. The molecule has 0 aliphatic rings. The van der Waals surface area contributed by atoms with Crippen molar-refractivity contribution in [1.82, 2.24) is 0 Å². The molecule has 4 aromatic rings. The number of hydrogen-bond donors (Lipinski definition) is 1. The summed E-state index contributed by atoms with van der Waals surface area (Å²) >= 11 is 1.25. The first kappa shape index (κ1) is 17.3. The molecule has 0 atom stereocenters. The van der Waals surface area contributed by atoms with Crippen LogP contribution in [0, 0.1) is 0 Å². The topological polar surface area (TPSA) is 33.0 Å². The Morgan fingerprint density at radius 1 is 0.852 bits per heavy atom. The smallest absolute Gasteiger partial charge is 0.224 e. The van der Waals surface area contributed by atoms with Gasteiger partial charge in [-0.1, -0.05) is 60.7 Å². The monoisotopic (exact) mass is 371 g/mol. The van der Waals surface area contributed by atoms with E-state index < -0.39 is 0 Å². The summed E-state index contributed by atoms with van der Waals surface area (Å²) in [5, 5.41) is 4.62. The van der Waals surface area contributed by atoms with Crippen molar-refractivity contribution in [2.24, 2.45) is 7.05 Å². The van der Waals surface area contributed by atoms with Crippen LogP contribution in [0.4, 0.5) is 11.4 Å². The van der Waals surface area contributed by atoms with Crippen molar-refractivity contribution in [3.8, 4) is 0 Å². The van der Waals surface area contributed by atoms with E-state index in [-0.39, 0.29) is 5.12 Å². The van der Waals surface area contributed by atoms with Crippen LogP contribution >= 0.6 is 11.8 Å². The van der Waals surface area contributed by atoms with E-state index in [1.165, 1.54) is 11.8 Å². The zero-order chi connectivity index (χ0) is 18.6. The van der Waals surface area contributed by atoms with E-state index in [9.17, 15) is 4.79 Å². The van der Waals surface area contributed by atoms with Crippen LogP contribution in [0.15, 0.2) is 96.0 Å². The van der Waals surface area contributed by atoms with E-state index in [1.807, 2.05) is 86.0 Å². The lowest BCUT2D eigenvalue weighted by molar-refractivity contribution is -0.646. The van der Waals surface area contributed by atoms with Gasteiger partial charge in [-0.2, -0.15) is 4.57 Å². The molecule has 0 aliphatic carbocycles. The fourth-order valence-electron chi connectivity index (χ4n) is 3.04. The van der Waals surface area contributed by atoms with Crippen molar-refractivity contribution in [2.45, 2.75) is 4.90 Å². The van der Waals surface area contributed by atoms with E-state index in [4.69, 9.17) is 0 Å². The molecule has 1 heterocycles. The number of aromatic nitrogens is 1. The number of aryl methyl sites for hydroxylation is 1. The molecular weight excluding hydrogens is 352 g/mol. The second kappa shape index (κ2) is 7.64. The third-order valence-corrected chi connectivity index (χ3v) is 5.32. The Bertz CT molecular complexity index is 1100. The third-order valence-electron chi connectivity index (χ3n) is 4.37. The number of benzene rings is 3. The highest BCUT2D eigenvalue weighted by atomic mass is 32.2. The van der Waals surface area contributed by atoms with Crippen LogP contribution in [0.5, 0.6) is 0 Å². The summed E-state index contributed by atoms with van der Waals surface area (Å²) in [6, 6.07) is 27.6. The summed E-state index contributed by atoms with van der Waals surface area (Å²) in [6.07, 6.45) is 2.01. The van der Waals surface area contributed by atoms with Gasteiger partial charge in [-0.25, -0.2) is 0 Å². The molecular formula is C23H19N2OS+. The SMILES string of the molecule is C[n+]1cc(SC(=O)c2ccccc2)c(Nc2ccccc2)c2ccccc21. The van der Waals surface area contributed by atoms with Gasteiger partial charge in [0.15, 0.2) is 6.20 Å². The van der Waals surface area contributed by atoms with E-state index in [0.29, 0.717) is 5.56 Å². The van der Waals surface area contributed by atoms with Gasteiger partial charge < -0.3 is 5.32 Å². The van der Waals surface area contributed by atoms with Gasteiger partial charge in [-0.15, -0.1) is 0 Å². The fraction of sp³-hybridized carbons (Fsp3) is 0.0435. The average molecular weight is 371 g/mol. The quantitative estimate of drug-likeness (QED) is 0.388. The van der Waals surface area contributed by atoms with Gasteiger partial charge >= 0.3 is 0 Å². The molecule has 1 aromatic heterocycles. The average Bonchev–Trinajstić information content (AvgIpc) is 2.72. The molecule has 0 unspecified atom stereocenters. The van der Waals surface area contributed by atoms with Gasteiger partial charge in [-0.05, 0) is 30.0 Å². The van der Waals surface area contributed by atoms with E-state index >= 15 is 0 Å². The number of carbonyl (C=O) groups is 1. The summed E-state index contributed by atoms with van der Waals surface area (Å²) in [6.45, 7) is 0. The lowest BCUT2D eigenvalue weighted by Gasteiger charge is -2.13. The maximum absolute atomic E-state index is 12.8. The van der Waals surface area contributed by atoms with Crippen molar-refractivity contribution in [3.63, 3.8) is 0 Å². The van der Waals surface area contributed by atoms with Crippen LogP contribution in [0.1, 0.15) is 10.4 Å². The normalized spacial score (nSPS) is 10.7. The van der Waals surface area contributed by atoms with E-state index in [1.54, 1.807) is 0 Å². The first-order valence-electron chi connectivity index (χ1n) is 8.73. The molecule has 132 valence electrons. The summed E-state index contributed by atoms with van der Waals surface area (Å²) in [7, 11) is 2.01. The Balaban J connectivity index is 1.81. The van der Waals surface area contributed by atoms with Crippen LogP contribution in [0.25, 0.3) is 10.9 Å². The first-order chi connectivity index (χ1) is 13.2. The minimum Gasteiger partial charge on any atom is -0.354 e. The number of hydrogen-bond acceptors (Lipinski definition) is 3. The molecule has 3 nitrogen and oxygen atoms in total. The second-order valence-corrected chi connectivity index (χ2v) is 7.26. The van der Waals surface area contributed by atoms with Crippen LogP contribution in [0.2, 0.25) is 0 Å². The maximum atomic E-state index is 12.8. The highest BCUT2D eigenvalue weighted by molar-refractivity contribution is 8.14.